The molecule has 0 aromatic heterocycles. The van der Waals surface area contributed by atoms with Gasteiger partial charge >= 0.3 is 12.1 Å². The molecule has 31 heavy (non-hydrogen) atoms. The first-order chi connectivity index (χ1) is 14.8. The molecule has 0 aliphatic rings. The molecule has 1 amide bonds. The fourth-order valence-corrected chi connectivity index (χ4v) is 3.05. The number of phenols is 1. The van der Waals surface area contributed by atoms with Gasteiger partial charge in [0, 0.05) is 13.1 Å². The number of benzene rings is 3. The second-order valence-electron chi connectivity index (χ2n) is 7.06. The van der Waals surface area contributed by atoms with Crippen LogP contribution in [0, 0.1) is 0 Å². The number of ether oxygens (including phenoxy) is 1. The minimum atomic E-state index is -4.96. The van der Waals surface area contributed by atoms with Crippen molar-refractivity contribution >= 4 is 5.91 Å². The number of aromatic hydroxyl groups is 1. The van der Waals surface area contributed by atoms with Crippen LogP contribution in [0.3, 0.4) is 0 Å². The van der Waals surface area contributed by atoms with Gasteiger partial charge < -0.3 is 14.7 Å². The SMILES string of the molecule is O=C(N(CCc1ccc(O)cc1)Cc1cccc(OCc2ccccc2)c1)C(F)(F)F. The Morgan fingerprint density at radius 1 is 0.871 bits per heavy atom. The Hall–Kier alpha value is -3.48. The minimum absolute atomic E-state index is 0.0688. The first kappa shape index (κ1) is 22.2. The highest BCUT2D eigenvalue weighted by atomic mass is 19.4. The number of carbonyl (C=O) groups excluding carboxylic acids is 1. The van der Waals surface area contributed by atoms with Gasteiger partial charge in [-0.05, 0) is 47.4 Å². The van der Waals surface area contributed by atoms with Crippen molar-refractivity contribution in [2.75, 3.05) is 6.54 Å². The van der Waals surface area contributed by atoms with Gasteiger partial charge in [0.1, 0.15) is 18.1 Å². The lowest BCUT2D eigenvalue weighted by atomic mass is 10.1. The number of rotatable bonds is 8. The van der Waals surface area contributed by atoms with Crippen LogP contribution in [0.25, 0.3) is 0 Å². The Morgan fingerprint density at radius 3 is 2.23 bits per heavy atom. The maximum Gasteiger partial charge on any atom is 0.471 e. The molecule has 0 aliphatic carbocycles. The van der Waals surface area contributed by atoms with Crippen molar-refractivity contribution in [3.8, 4) is 11.5 Å². The van der Waals surface area contributed by atoms with Gasteiger partial charge in [-0.15, -0.1) is 0 Å². The van der Waals surface area contributed by atoms with Crippen LogP contribution in [-0.2, 0) is 24.4 Å². The van der Waals surface area contributed by atoms with Gasteiger partial charge in [0.05, 0.1) is 0 Å². The van der Waals surface area contributed by atoms with Gasteiger partial charge in [0.15, 0.2) is 0 Å². The van der Waals surface area contributed by atoms with Crippen molar-refractivity contribution in [1.82, 2.24) is 4.90 Å². The van der Waals surface area contributed by atoms with Gasteiger partial charge in [-0.25, -0.2) is 0 Å². The van der Waals surface area contributed by atoms with Crippen LogP contribution in [0.2, 0.25) is 0 Å². The van der Waals surface area contributed by atoms with Gasteiger partial charge in [-0.1, -0.05) is 54.6 Å². The number of hydrogen-bond donors (Lipinski definition) is 1. The highest BCUT2D eigenvalue weighted by Gasteiger charge is 2.42. The molecule has 162 valence electrons. The van der Waals surface area contributed by atoms with E-state index in [-0.39, 0.29) is 25.3 Å². The molecule has 0 aliphatic heterocycles. The average Bonchev–Trinajstić information content (AvgIpc) is 2.76. The Balaban J connectivity index is 1.69. The quantitative estimate of drug-likeness (QED) is 0.542. The van der Waals surface area contributed by atoms with Crippen molar-refractivity contribution in [1.29, 1.82) is 0 Å². The van der Waals surface area contributed by atoms with Crippen LogP contribution in [0.1, 0.15) is 16.7 Å². The Kier molecular flexibility index (Phi) is 7.18. The van der Waals surface area contributed by atoms with Gasteiger partial charge in [0.2, 0.25) is 0 Å². The van der Waals surface area contributed by atoms with Crippen LogP contribution < -0.4 is 4.74 Å². The van der Waals surface area contributed by atoms with Crippen molar-refractivity contribution in [2.24, 2.45) is 0 Å². The normalized spacial score (nSPS) is 11.2. The standard InChI is InChI=1S/C24H22F3NO3/c25-24(26,27)23(30)28(14-13-18-9-11-21(29)12-10-18)16-20-7-4-8-22(15-20)31-17-19-5-2-1-3-6-19/h1-12,15,29H,13-14,16-17H2. The molecule has 0 atom stereocenters. The van der Waals surface area contributed by atoms with E-state index < -0.39 is 12.1 Å². The molecule has 0 spiro atoms. The van der Waals surface area contributed by atoms with E-state index in [1.807, 2.05) is 30.3 Å². The summed E-state index contributed by atoms with van der Waals surface area (Å²) in [5, 5.41) is 9.34. The molecule has 3 aromatic rings. The van der Waals surface area contributed by atoms with Crippen LogP contribution in [-0.4, -0.2) is 28.6 Å². The first-order valence-electron chi connectivity index (χ1n) is 9.71. The zero-order valence-electron chi connectivity index (χ0n) is 16.7. The first-order valence-corrected chi connectivity index (χ1v) is 9.71. The maximum absolute atomic E-state index is 13.1. The molecule has 4 nitrogen and oxygen atoms in total. The van der Waals surface area contributed by atoms with Crippen molar-refractivity contribution in [2.45, 2.75) is 25.7 Å². The van der Waals surface area contributed by atoms with E-state index in [0.717, 1.165) is 16.0 Å². The summed E-state index contributed by atoms with van der Waals surface area (Å²) in [5.74, 6) is -1.31. The monoisotopic (exact) mass is 429 g/mol. The number of amides is 1. The molecular weight excluding hydrogens is 407 g/mol. The summed E-state index contributed by atoms with van der Waals surface area (Å²) in [6, 6.07) is 22.4. The highest BCUT2D eigenvalue weighted by molar-refractivity contribution is 5.81. The lowest BCUT2D eigenvalue weighted by molar-refractivity contribution is -0.186. The minimum Gasteiger partial charge on any atom is -0.508 e. The third kappa shape index (κ3) is 6.77. The number of alkyl halides is 3. The Morgan fingerprint density at radius 2 is 1.55 bits per heavy atom. The molecule has 3 rings (SSSR count). The summed E-state index contributed by atoms with van der Waals surface area (Å²) >= 11 is 0. The van der Waals surface area contributed by atoms with Crippen molar-refractivity contribution in [3.05, 3.63) is 95.6 Å². The summed E-state index contributed by atoms with van der Waals surface area (Å²) < 4.78 is 45.1. The third-order valence-corrected chi connectivity index (χ3v) is 4.66. The van der Waals surface area contributed by atoms with E-state index in [1.54, 1.807) is 36.4 Å². The van der Waals surface area contributed by atoms with E-state index in [0.29, 0.717) is 17.9 Å². The van der Waals surface area contributed by atoms with E-state index >= 15 is 0 Å². The fraction of sp³-hybridized carbons (Fsp3) is 0.208. The second-order valence-corrected chi connectivity index (χ2v) is 7.06. The zero-order chi connectivity index (χ0) is 22.3. The molecule has 1 N–H and O–H groups in total. The van der Waals surface area contributed by atoms with E-state index in [1.165, 1.54) is 12.1 Å². The molecule has 0 fully saturated rings. The third-order valence-electron chi connectivity index (χ3n) is 4.66. The largest absolute Gasteiger partial charge is 0.508 e. The summed E-state index contributed by atoms with van der Waals surface area (Å²) in [6.45, 7) is 0.0214. The number of phenolic OH excluding ortho intramolecular Hbond substituents is 1. The van der Waals surface area contributed by atoms with Crippen molar-refractivity contribution in [3.63, 3.8) is 0 Å². The topological polar surface area (TPSA) is 49.8 Å². The van der Waals surface area contributed by atoms with Gasteiger partial charge in [-0.2, -0.15) is 13.2 Å². The number of carbonyl (C=O) groups is 1. The lowest BCUT2D eigenvalue weighted by Crippen LogP contribution is -2.41. The molecule has 7 heteroatoms. The van der Waals surface area contributed by atoms with Crippen molar-refractivity contribution < 1.29 is 27.8 Å². The van der Waals surface area contributed by atoms with Crippen LogP contribution in [0.5, 0.6) is 11.5 Å². The molecule has 3 aromatic carbocycles. The second kappa shape index (κ2) is 10.0. The highest BCUT2D eigenvalue weighted by Crippen LogP contribution is 2.22. The summed E-state index contributed by atoms with van der Waals surface area (Å²) in [6.07, 6.45) is -4.73. The fourth-order valence-electron chi connectivity index (χ4n) is 3.05. The van der Waals surface area contributed by atoms with Crippen LogP contribution >= 0.6 is 0 Å². The van der Waals surface area contributed by atoms with E-state index in [9.17, 15) is 23.1 Å². The van der Waals surface area contributed by atoms with E-state index in [4.69, 9.17) is 4.74 Å². The summed E-state index contributed by atoms with van der Waals surface area (Å²) in [4.78, 5) is 12.8. The molecular formula is C24H22F3NO3. The predicted molar refractivity (Wildman–Crippen MR) is 110 cm³/mol. The molecule has 0 unspecified atom stereocenters. The molecule has 0 bridgehead atoms. The summed E-state index contributed by atoms with van der Waals surface area (Å²) in [7, 11) is 0. The van der Waals surface area contributed by atoms with Gasteiger partial charge in [-0.3, -0.25) is 4.79 Å². The predicted octanol–water partition coefficient (Wildman–Crippen LogP) is 5.10. The smallest absolute Gasteiger partial charge is 0.471 e. The molecule has 0 saturated carbocycles. The van der Waals surface area contributed by atoms with Gasteiger partial charge in [0.25, 0.3) is 0 Å². The van der Waals surface area contributed by atoms with E-state index in [2.05, 4.69) is 0 Å². The Bertz CT molecular complexity index is 989. The Labute approximate surface area is 178 Å². The molecule has 0 radical (unpaired) electrons. The number of hydrogen-bond acceptors (Lipinski definition) is 3. The lowest BCUT2D eigenvalue weighted by Gasteiger charge is -2.24. The molecule has 0 saturated heterocycles. The average molecular weight is 429 g/mol. The molecule has 0 heterocycles. The number of nitrogens with zero attached hydrogens (tertiary/aromatic N) is 1. The zero-order valence-corrected chi connectivity index (χ0v) is 16.7. The van der Waals surface area contributed by atoms with Crippen LogP contribution in [0.4, 0.5) is 13.2 Å². The van der Waals surface area contributed by atoms with Crippen LogP contribution in [0.15, 0.2) is 78.9 Å². The maximum atomic E-state index is 13.1. The number of halogens is 3. The summed E-state index contributed by atoms with van der Waals surface area (Å²) in [5.41, 5.74) is 2.22.